The highest BCUT2D eigenvalue weighted by Crippen LogP contribution is 2.32. The molecule has 0 atom stereocenters. The van der Waals surface area contributed by atoms with Crippen LogP contribution >= 0.6 is 22.9 Å². The molecule has 2 aromatic carbocycles. The van der Waals surface area contributed by atoms with E-state index in [2.05, 4.69) is 10.3 Å². The summed E-state index contributed by atoms with van der Waals surface area (Å²) in [6, 6.07) is 13.1. The molecule has 1 aromatic heterocycles. The van der Waals surface area contributed by atoms with Gasteiger partial charge in [0.25, 0.3) is 5.91 Å². The number of hydrogen-bond acceptors (Lipinski definition) is 4. The molecule has 7 heteroatoms. The lowest BCUT2D eigenvalue weighted by atomic mass is 10.0. The lowest BCUT2D eigenvalue weighted by Crippen LogP contribution is -2.33. The van der Waals surface area contributed by atoms with Crippen molar-refractivity contribution in [2.75, 3.05) is 16.8 Å². The van der Waals surface area contributed by atoms with Gasteiger partial charge in [0.05, 0.1) is 5.69 Å². The highest BCUT2D eigenvalue weighted by Gasteiger charge is 2.21. The smallest absolute Gasteiger partial charge is 0.267 e. The number of nitrogens with one attached hydrogen (secondary N) is 1. The summed E-state index contributed by atoms with van der Waals surface area (Å²) in [7, 11) is 0. The van der Waals surface area contributed by atoms with E-state index >= 15 is 0 Å². The van der Waals surface area contributed by atoms with Gasteiger partial charge in [0, 0.05) is 35.4 Å². The summed E-state index contributed by atoms with van der Waals surface area (Å²) in [5.74, 6) is -0.149. The molecule has 5 nitrogen and oxygen atoms in total. The van der Waals surface area contributed by atoms with Gasteiger partial charge in [-0.15, -0.1) is 11.3 Å². The topological polar surface area (TPSA) is 62.3 Å². The minimum absolute atomic E-state index is 0.0385. The van der Waals surface area contributed by atoms with Gasteiger partial charge in [-0.25, -0.2) is 4.98 Å². The van der Waals surface area contributed by atoms with E-state index in [1.807, 2.05) is 49.4 Å². The fraction of sp³-hybridized carbons (Fsp3) is 0.227. The van der Waals surface area contributed by atoms with Crippen LogP contribution in [-0.4, -0.2) is 23.3 Å². The number of thiazole rings is 1. The molecule has 3 aromatic rings. The Morgan fingerprint density at radius 3 is 2.79 bits per heavy atom. The molecule has 0 fully saturated rings. The molecule has 0 radical (unpaired) electrons. The Morgan fingerprint density at radius 1 is 1.21 bits per heavy atom. The quantitative estimate of drug-likeness (QED) is 0.617. The molecule has 1 aliphatic rings. The minimum Gasteiger partial charge on any atom is -0.321 e. The summed E-state index contributed by atoms with van der Waals surface area (Å²) in [4.78, 5) is 31.6. The van der Waals surface area contributed by atoms with Gasteiger partial charge < -0.3 is 10.2 Å². The number of hydrogen-bond donors (Lipinski definition) is 1. The van der Waals surface area contributed by atoms with Crippen LogP contribution < -0.4 is 10.2 Å². The first-order valence-corrected chi connectivity index (χ1v) is 10.6. The van der Waals surface area contributed by atoms with Gasteiger partial charge in [-0.2, -0.15) is 0 Å². The number of rotatable bonds is 3. The van der Waals surface area contributed by atoms with Crippen LogP contribution in [-0.2, 0) is 11.2 Å². The van der Waals surface area contributed by atoms with Crippen molar-refractivity contribution < 1.29 is 9.59 Å². The SMILES string of the molecule is CC(=O)N1CCCc2cc(NC(=O)c3sc(-c4cccc(Cl)c4)nc3C)ccc21. The third kappa shape index (κ3) is 4.04. The maximum absolute atomic E-state index is 12.9. The molecule has 1 aliphatic heterocycles. The van der Waals surface area contributed by atoms with Crippen molar-refractivity contribution in [2.24, 2.45) is 0 Å². The lowest BCUT2D eigenvalue weighted by molar-refractivity contribution is -0.116. The van der Waals surface area contributed by atoms with E-state index in [0.29, 0.717) is 15.6 Å². The van der Waals surface area contributed by atoms with Crippen molar-refractivity contribution >= 4 is 46.1 Å². The molecule has 0 saturated carbocycles. The average molecular weight is 426 g/mol. The normalized spacial score (nSPS) is 13.1. The number of anilines is 2. The minimum atomic E-state index is -0.188. The molecule has 0 aliphatic carbocycles. The van der Waals surface area contributed by atoms with Crippen LogP contribution in [0.15, 0.2) is 42.5 Å². The van der Waals surface area contributed by atoms with Crippen molar-refractivity contribution in [3.63, 3.8) is 0 Å². The fourth-order valence-corrected chi connectivity index (χ4v) is 4.69. The number of carbonyl (C=O) groups is 2. The van der Waals surface area contributed by atoms with Crippen molar-refractivity contribution in [3.05, 3.63) is 63.6 Å². The number of carbonyl (C=O) groups excluding carboxylic acids is 2. The van der Waals surface area contributed by atoms with Crippen molar-refractivity contribution in [2.45, 2.75) is 26.7 Å². The van der Waals surface area contributed by atoms with Gasteiger partial charge in [-0.3, -0.25) is 9.59 Å². The fourth-order valence-electron chi connectivity index (χ4n) is 3.54. The third-order valence-corrected chi connectivity index (χ3v) is 6.35. The summed E-state index contributed by atoms with van der Waals surface area (Å²) in [5.41, 5.74) is 4.30. The average Bonchev–Trinajstić information content (AvgIpc) is 3.09. The molecule has 148 valence electrons. The van der Waals surface area contributed by atoms with E-state index in [1.54, 1.807) is 11.8 Å². The van der Waals surface area contributed by atoms with Crippen molar-refractivity contribution in [3.8, 4) is 10.6 Å². The first-order valence-electron chi connectivity index (χ1n) is 9.38. The molecule has 2 amide bonds. The largest absolute Gasteiger partial charge is 0.321 e. The Hall–Kier alpha value is -2.70. The van der Waals surface area contributed by atoms with E-state index in [1.165, 1.54) is 11.3 Å². The van der Waals surface area contributed by atoms with Crippen LogP contribution in [0.3, 0.4) is 0 Å². The number of aryl methyl sites for hydroxylation is 2. The van der Waals surface area contributed by atoms with Gasteiger partial charge in [0.2, 0.25) is 5.91 Å². The first-order chi connectivity index (χ1) is 13.9. The zero-order chi connectivity index (χ0) is 20.5. The predicted octanol–water partition coefficient (Wildman–Crippen LogP) is 5.32. The van der Waals surface area contributed by atoms with Crippen LogP contribution in [0.4, 0.5) is 11.4 Å². The molecular formula is C22H20ClN3O2S. The number of aromatic nitrogens is 1. The first kappa shape index (κ1) is 19.6. The number of fused-ring (bicyclic) bond motifs is 1. The molecule has 29 heavy (non-hydrogen) atoms. The molecule has 0 bridgehead atoms. The second-order valence-corrected chi connectivity index (χ2v) is 8.45. The zero-order valence-corrected chi connectivity index (χ0v) is 17.7. The summed E-state index contributed by atoms with van der Waals surface area (Å²) in [6.07, 6.45) is 1.81. The van der Waals surface area contributed by atoms with Gasteiger partial charge in [-0.05, 0) is 55.7 Å². The summed E-state index contributed by atoms with van der Waals surface area (Å²) in [6.45, 7) is 4.15. The van der Waals surface area contributed by atoms with E-state index in [9.17, 15) is 9.59 Å². The summed E-state index contributed by atoms with van der Waals surface area (Å²) in [5, 5.41) is 4.37. The van der Waals surface area contributed by atoms with E-state index in [0.717, 1.165) is 46.9 Å². The Labute approximate surface area is 178 Å². The molecule has 1 N–H and O–H groups in total. The number of amides is 2. The molecule has 0 spiro atoms. The Bertz CT molecular complexity index is 1110. The highest BCUT2D eigenvalue weighted by molar-refractivity contribution is 7.17. The van der Waals surface area contributed by atoms with Crippen LogP contribution in [0.1, 0.15) is 34.3 Å². The zero-order valence-electron chi connectivity index (χ0n) is 16.2. The lowest BCUT2D eigenvalue weighted by Gasteiger charge is -2.28. The Morgan fingerprint density at radius 2 is 2.03 bits per heavy atom. The van der Waals surface area contributed by atoms with Crippen LogP contribution in [0, 0.1) is 6.92 Å². The maximum atomic E-state index is 12.9. The Kier molecular flexibility index (Phi) is 5.39. The van der Waals surface area contributed by atoms with Crippen molar-refractivity contribution in [1.29, 1.82) is 0 Å². The summed E-state index contributed by atoms with van der Waals surface area (Å²) < 4.78 is 0. The number of halogens is 1. The molecule has 0 unspecified atom stereocenters. The van der Waals surface area contributed by atoms with Crippen LogP contribution in [0.25, 0.3) is 10.6 Å². The second kappa shape index (κ2) is 7.97. The number of nitrogens with zero attached hydrogens (tertiary/aromatic N) is 2. The maximum Gasteiger partial charge on any atom is 0.267 e. The molecular weight excluding hydrogens is 406 g/mol. The third-order valence-electron chi connectivity index (χ3n) is 4.91. The van der Waals surface area contributed by atoms with Gasteiger partial charge in [-0.1, -0.05) is 23.7 Å². The van der Waals surface area contributed by atoms with Crippen LogP contribution in [0.5, 0.6) is 0 Å². The van der Waals surface area contributed by atoms with E-state index in [-0.39, 0.29) is 11.8 Å². The predicted molar refractivity (Wildman–Crippen MR) is 118 cm³/mol. The molecule has 0 saturated heterocycles. The number of benzene rings is 2. The van der Waals surface area contributed by atoms with E-state index < -0.39 is 0 Å². The molecule has 2 heterocycles. The second-order valence-electron chi connectivity index (χ2n) is 7.02. The highest BCUT2D eigenvalue weighted by atomic mass is 35.5. The molecule has 4 rings (SSSR count). The van der Waals surface area contributed by atoms with Gasteiger partial charge >= 0.3 is 0 Å². The summed E-state index contributed by atoms with van der Waals surface area (Å²) >= 11 is 7.42. The van der Waals surface area contributed by atoms with Crippen molar-refractivity contribution in [1.82, 2.24) is 4.98 Å². The standard InChI is InChI=1S/C22H20ClN3O2S/c1-13-20(29-22(24-13)16-5-3-7-17(23)11-16)21(28)25-18-8-9-19-15(12-18)6-4-10-26(19)14(2)27/h3,5,7-9,11-12H,4,6,10H2,1-2H3,(H,25,28). The Balaban J connectivity index is 1.57. The monoisotopic (exact) mass is 425 g/mol. The van der Waals surface area contributed by atoms with E-state index in [4.69, 9.17) is 11.6 Å². The van der Waals surface area contributed by atoms with Crippen LogP contribution in [0.2, 0.25) is 5.02 Å². The van der Waals surface area contributed by atoms with Gasteiger partial charge in [0.15, 0.2) is 0 Å². The van der Waals surface area contributed by atoms with Gasteiger partial charge in [0.1, 0.15) is 9.88 Å².